The van der Waals surface area contributed by atoms with Crippen LogP contribution in [0.5, 0.6) is 0 Å². The summed E-state index contributed by atoms with van der Waals surface area (Å²) < 4.78 is 5.10. The second-order valence-corrected chi connectivity index (χ2v) is 5.20. The van der Waals surface area contributed by atoms with Crippen LogP contribution in [0.3, 0.4) is 0 Å². The molecule has 1 aromatic heterocycles. The molecule has 1 atom stereocenters. The van der Waals surface area contributed by atoms with Crippen LogP contribution >= 0.6 is 0 Å². The van der Waals surface area contributed by atoms with Gasteiger partial charge in [-0.25, -0.2) is 0 Å². The first kappa shape index (κ1) is 13.1. The summed E-state index contributed by atoms with van der Waals surface area (Å²) >= 11 is 0. The minimum Gasteiger partial charge on any atom is -0.361 e. The molecule has 1 aliphatic rings. The average molecular weight is 250 g/mol. The molecule has 0 saturated carbocycles. The number of aryl methyl sites for hydroxylation is 1. The molecule has 0 radical (unpaired) electrons. The zero-order valence-electron chi connectivity index (χ0n) is 11.3. The van der Waals surface area contributed by atoms with E-state index in [1.165, 1.54) is 12.8 Å². The Bertz CT molecular complexity index is 400. The Balaban J connectivity index is 1.89. The van der Waals surface area contributed by atoms with E-state index in [2.05, 4.69) is 12.1 Å². The highest BCUT2D eigenvalue weighted by Gasteiger charge is 2.20. The third-order valence-corrected chi connectivity index (χ3v) is 3.78. The van der Waals surface area contributed by atoms with Crippen LogP contribution in [0.1, 0.15) is 44.1 Å². The lowest BCUT2D eigenvalue weighted by Crippen LogP contribution is -2.33. The maximum atomic E-state index is 12.2. The van der Waals surface area contributed by atoms with Gasteiger partial charge in [0.1, 0.15) is 5.76 Å². The smallest absolute Gasteiger partial charge is 0.230 e. The standard InChI is InChI=1S/C14H22N2O2/c1-3-12-5-4-7-16(8-6-12)14(17)10-13-9-11(2)15-18-13/h9,12H,3-8,10H2,1-2H3/t12-/m0/s1. The van der Waals surface area contributed by atoms with Gasteiger partial charge in [0.05, 0.1) is 12.1 Å². The normalized spacial score (nSPS) is 20.8. The van der Waals surface area contributed by atoms with Gasteiger partial charge in [-0.15, -0.1) is 0 Å². The molecule has 4 heteroatoms. The molecular weight excluding hydrogens is 228 g/mol. The molecule has 4 nitrogen and oxygen atoms in total. The maximum Gasteiger partial charge on any atom is 0.230 e. The molecule has 0 unspecified atom stereocenters. The summed E-state index contributed by atoms with van der Waals surface area (Å²) in [4.78, 5) is 14.1. The minimum absolute atomic E-state index is 0.169. The van der Waals surface area contributed by atoms with Crippen LogP contribution in [0.4, 0.5) is 0 Å². The van der Waals surface area contributed by atoms with Crippen molar-refractivity contribution < 1.29 is 9.32 Å². The second kappa shape index (κ2) is 6.03. The highest BCUT2D eigenvalue weighted by Crippen LogP contribution is 2.20. The molecule has 2 rings (SSSR count). The fourth-order valence-electron chi connectivity index (χ4n) is 2.58. The summed E-state index contributed by atoms with van der Waals surface area (Å²) in [6.45, 7) is 5.89. The first-order chi connectivity index (χ1) is 8.69. The first-order valence-corrected chi connectivity index (χ1v) is 6.89. The van der Waals surface area contributed by atoms with Gasteiger partial charge in [0.2, 0.25) is 5.91 Å². The SMILES string of the molecule is CC[C@H]1CCCN(C(=O)Cc2cc(C)no2)CC1. The molecule has 0 bridgehead atoms. The van der Waals surface area contributed by atoms with Crippen LogP contribution in [0.15, 0.2) is 10.6 Å². The lowest BCUT2D eigenvalue weighted by molar-refractivity contribution is -0.130. The van der Waals surface area contributed by atoms with Crippen molar-refractivity contribution >= 4 is 5.91 Å². The predicted molar refractivity (Wildman–Crippen MR) is 69.2 cm³/mol. The van der Waals surface area contributed by atoms with Gasteiger partial charge in [0.25, 0.3) is 0 Å². The van der Waals surface area contributed by atoms with Crippen molar-refractivity contribution in [3.63, 3.8) is 0 Å². The van der Waals surface area contributed by atoms with E-state index in [9.17, 15) is 4.79 Å². The number of amides is 1. The van der Waals surface area contributed by atoms with Crippen LogP contribution in [0.2, 0.25) is 0 Å². The topological polar surface area (TPSA) is 46.3 Å². The predicted octanol–water partition coefficient (Wildman–Crippen LogP) is 2.56. The summed E-state index contributed by atoms with van der Waals surface area (Å²) in [5, 5.41) is 3.81. The Labute approximate surface area is 108 Å². The number of hydrogen-bond acceptors (Lipinski definition) is 3. The van der Waals surface area contributed by atoms with Crippen molar-refractivity contribution in [2.75, 3.05) is 13.1 Å². The lowest BCUT2D eigenvalue weighted by atomic mass is 9.98. The van der Waals surface area contributed by atoms with Gasteiger partial charge < -0.3 is 9.42 Å². The maximum absolute atomic E-state index is 12.2. The fraction of sp³-hybridized carbons (Fsp3) is 0.714. The molecule has 1 fully saturated rings. The van der Waals surface area contributed by atoms with Gasteiger partial charge in [-0.2, -0.15) is 0 Å². The molecular formula is C14H22N2O2. The summed E-state index contributed by atoms with van der Waals surface area (Å²) in [7, 11) is 0. The van der Waals surface area contributed by atoms with Gasteiger partial charge in [0.15, 0.2) is 0 Å². The molecule has 0 aliphatic carbocycles. The van der Waals surface area contributed by atoms with Crippen molar-refractivity contribution in [2.24, 2.45) is 5.92 Å². The Hall–Kier alpha value is -1.32. The number of likely N-dealkylation sites (tertiary alicyclic amines) is 1. The number of rotatable bonds is 3. The highest BCUT2D eigenvalue weighted by atomic mass is 16.5. The lowest BCUT2D eigenvalue weighted by Gasteiger charge is -2.19. The Morgan fingerprint density at radius 1 is 1.50 bits per heavy atom. The van der Waals surface area contributed by atoms with E-state index in [1.54, 1.807) is 0 Å². The van der Waals surface area contributed by atoms with E-state index >= 15 is 0 Å². The molecule has 100 valence electrons. The molecule has 2 heterocycles. The number of hydrogen-bond donors (Lipinski definition) is 0. The average Bonchev–Trinajstić information content (AvgIpc) is 2.65. The number of carbonyl (C=O) groups is 1. The van der Waals surface area contributed by atoms with Crippen LogP contribution in [0, 0.1) is 12.8 Å². The Morgan fingerprint density at radius 2 is 2.33 bits per heavy atom. The van der Waals surface area contributed by atoms with Crippen molar-refractivity contribution in [1.29, 1.82) is 0 Å². The third-order valence-electron chi connectivity index (χ3n) is 3.78. The zero-order chi connectivity index (χ0) is 13.0. The van der Waals surface area contributed by atoms with Gasteiger partial charge in [-0.1, -0.05) is 18.5 Å². The molecule has 1 saturated heterocycles. The van der Waals surface area contributed by atoms with Crippen LogP contribution in [-0.2, 0) is 11.2 Å². The van der Waals surface area contributed by atoms with Crippen LogP contribution in [-0.4, -0.2) is 29.1 Å². The van der Waals surface area contributed by atoms with Crippen molar-refractivity contribution in [3.05, 3.63) is 17.5 Å². The first-order valence-electron chi connectivity index (χ1n) is 6.89. The van der Waals surface area contributed by atoms with E-state index < -0.39 is 0 Å². The van der Waals surface area contributed by atoms with Gasteiger partial charge in [-0.05, 0) is 32.1 Å². The molecule has 1 aromatic rings. The highest BCUT2D eigenvalue weighted by molar-refractivity contribution is 5.78. The van der Waals surface area contributed by atoms with E-state index in [0.29, 0.717) is 12.2 Å². The summed E-state index contributed by atoms with van der Waals surface area (Å²) in [5.74, 6) is 1.63. The molecule has 0 aromatic carbocycles. The van der Waals surface area contributed by atoms with Crippen molar-refractivity contribution in [3.8, 4) is 0 Å². The van der Waals surface area contributed by atoms with Gasteiger partial charge in [0, 0.05) is 19.2 Å². The molecule has 0 N–H and O–H groups in total. The monoisotopic (exact) mass is 250 g/mol. The molecule has 18 heavy (non-hydrogen) atoms. The summed E-state index contributed by atoms with van der Waals surface area (Å²) in [6.07, 6.45) is 5.08. The molecule has 1 aliphatic heterocycles. The van der Waals surface area contributed by atoms with Gasteiger partial charge in [-0.3, -0.25) is 4.79 Å². The minimum atomic E-state index is 0.169. The number of aromatic nitrogens is 1. The summed E-state index contributed by atoms with van der Waals surface area (Å²) in [6, 6.07) is 1.84. The largest absolute Gasteiger partial charge is 0.361 e. The second-order valence-electron chi connectivity index (χ2n) is 5.20. The van der Waals surface area contributed by atoms with Crippen molar-refractivity contribution in [1.82, 2.24) is 10.1 Å². The Morgan fingerprint density at radius 3 is 3.00 bits per heavy atom. The number of nitrogens with zero attached hydrogens (tertiary/aromatic N) is 2. The van der Waals surface area contributed by atoms with Crippen LogP contribution in [0.25, 0.3) is 0 Å². The van der Waals surface area contributed by atoms with E-state index in [-0.39, 0.29) is 5.91 Å². The van der Waals surface area contributed by atoms with E-state index in [0.717, 1.165) is 37.5 Å². The third kappa shape index (κ3) is 3.34. The Kier molecular flexibility index (Phi) is 4.39. The fourth-order valence-corrected chi connectivity index (χ4v) is 2.58. The van der Waals surface area contributed by atoms with E-state index in [4.69, 9.17) is 4.52 Å². The van der Waals surface area contributed by atoms with Crippen molar-refractivity contribution in [2.45, 2.75) is 46.0 Å². The van der Waals surface area contributed by atoms with Gasteiger partial charge >= 0.3 is 0 Å². The molecule has 1 amide bonds. The van der Waals surface area contributed by atoms with Crippen LogP contribution < -0.4 is 0 Å². The quantitative estimate of drug-likeness (QED) is 0.828. The summed E-state index contributed by atoms with van der Waals surface area (Å²) in [5.41, 5.74) is 0.833. The zero-order valence-corrected chi connectivity index (χ0v) is 11.3. The molecule has 0 spiro atoms. The number of carbonyl (C=O) groups excluding carboxylic acids is 1. The van der Waals surface area contributed by atoms with E-state index in [1.807, 2.05) is 17.9 Å².